The molecule has 0 aliphatic heterocycles. The van der Waals surface area contributed by atoms with Gasteiger partial charge in [0.15, 0.2) is 0 Å². The Morgan fingerprint density at radius 1 is 1.30 bits per heavy atom. The third kappa shape index (κ3) is 4.51. The normalized spacial score (nSPS) is 10.5. The molecule has 0 bridgehead atoms. The molecule has 2 rings (SSSR count). The van der Waals surface area contributed by atoms with E-state index in [2.05, 4.69) is 17.2 Å². The van der Waals surface area contributed by atoms with Crippen LogP contribution in [0.25, 0.3) is 0 Å². The van der Waals surface area contributed by atoms with Crippen molar-refractivity contribution in [1.82, 2.24) is 10.3 Å². The molecule has 0 unspecified atom stereocenters. The van der Waals surface area contributed by atoms with Crippen LogP contribution in [0.3, 0.4) is 0 Å². The van der Waals surface area contributed by atoms with Crippen LogP contribution >= 0.6 is 11.6 Å². The molecule has 3 nitrogen and oxygen atoms in total. The predicted molar refractivity (Wildman–Crippen MR) is 82.0 cm³/mol. The number of nitrogens with one attached hydrogen (secondary N) is 1. The molecule has 0 aliphatic carbocycles. The number of hydrogen-bond acceptors (Lipinski definition) is 3. The number of hydrogen-bond donors (Lipinski definition) is 1. The molecule has 4 heteroatoms. The summed E-state index contributed by atoms with van der Waals surface area (Å²) in [7, 11) is 0. The van der Waals surface area contributed by atoms with Crippen molar-refractivity contribution in [3.8, 4) is 5.75 Å². The first kappa shape index (κ1) is 14.8. The van der Waals surface area contributed by atoms with Crippen molar-refractivity contribution < 1.29 is 4.74 Å². The molecule has 0 radical (unpaired) electrons. The van der Waals surface area contributed by atoms with Crippen molar-refractivity contribution in [3.63, 3.8) is 0 Å². The van der Waals surface area contributed by atoms with E-state index < -0.39 is 0 Å². The molecule has 1 aromatic heterocycles. The van der Waals surface area contributed by atoms with Crippen LogP contribution in [0.15, 0.2) is 42.7 Å². The number of halogens is 1. The van der Waals surface area contributed by atoms with Gasteiger partial charge in [-0.05, 0) is 36.7 Å². The highest BCUT2D eigenvalue weighted by Crippen LogP contribution is 2.19. The van der Waals surface area contributed by atoms with Crippen LogP contribution in [-0.2, 0) is 13.2 Å². The molecule has 1 heterocycles. The molecule has 0 spiro atoms. The van der Waals surface area contributed by atoms with Crippen LogP contribution in [0.1, 0.15) is 24.5 Å². The smallest absolute Gasteiger partial charge is 0.127 e. The van der Waals surface area contributed by atoms with Gasteiger partial charge in [0, 0.05) is 29.5 Å². The highest BCUT2D eigenvalue weighted by molar-refractivity contribution is 6.30. The lowest BCUT2D eigenvalue weighted by molar-refractivity contribution is 0.301. The first-order valence-corrected chi connectivity index (χ1v) is 7.18. The maximum absolute atomic E-state index is 5.97. The molecule has 1 aromatic carbocycles. The van der Waals surface area contributed by atoms with E-state index in [0.717, 1.165) is 41.4 Å². The number of rotatable bonds is 7. The average Bonchev–Trinajstić information content (AvgIpc) is 2.47. The van der Waals surface area contributed by atoms with Gasteiger partial charge in [-0.2, -0.15) is 0 Å². The zero-order valence-electron chi connectivity index (χ0n) is 11.6. The van der Waals surface area contributed by atoms with E-state index in [-0.39, 0.29) is 0 Å². The molecule has 106 valence electrons. The fourth-order valence-corrected chi connectivity index (χ4v) is 2.09. The van der Waals surface area contributed by atoms with Crippen molar-refractivity contribution in [2.45, 2.75) is 26.5 Å². The minimum atomic E-state index is 0.505. The third-order valence-electron chi connectivity index (χ3n) is 2.88. The summed E-state index contributed by atoms with van der Waals surface area (Å²) < 4.78 is 5.87. The minimum Gasteiger partial charge on any atom is -0.488 e. The van der Waals surface area contributed by atoms with Gasteiger partial charge in [-0.3, -0.25) is 4.98 Å². The molecular weight excluding hydrogens is 272 g/mol. The molecule has 0 fully saturated rings. The number of benzene rings is 1. The highest BCUT2D eigenvalue weighted by atomic mass is 35.5. The lowest BCUT2D eigenvalue weighted by atomic mass is 10.2. The summed E-state index contributed by atoms with van der Waals surface area (Å²) in [5.74, 6) is 0.864. The van der Waals surface area contributed by atoms with E-state index in [9.17, 15) is 0 Å². The van der Waals surface area contributed by atoms with Gasteiger partial charge in [-0.15, -0.1) is 0 Å². The quantitative estimate of drug-likeness (QED) is 0.787. The van der Waals surface area contributed by atoms with E-state index in [1.807, 2.05) is 36.5 Å². The second-order valence-corrected chi connectivity index (χ2v) is 5.02. The van der Waals surface area contributed by atoms with Crippen molar-refractivity contribution in [1.29, 1.82) is 0 Å². The summed E-state index contributed by atoms with van der Waals surface area (Å²) in [5.41, 5.74) is 2.13. The third-order valence-corrected chi connectivity index (χ3v) is 3.12. The maximum Gasteiger partial charge on any atom is 0.127 e. The summed E-state index contributed by atoms with van der Waals surface area (Å²) >= 11 is 5.97. The first-order valence-electron chi connectivity index (χ1n) is 6.80. The highest BCUT2D eigenvalue weighted by Gasteiger charge is 2.04. The molecule has 0 saturated carbocycles. The summed E-state index contributed by atoms with van der Waals surface area (Å²) in [6.07, 6.45) is 4.70. The molecule has 20 heavy (non-hydrogen) atoms. The minimum absolute atomic E-state index is 0.505. The second-order valence-electron chi connectivity index (χ2n) is 4.58. The lowest BCUT2D eigenvalue weighted by Crippen LogP contribution is -2.14. The van der Waals surface area contributed by atoms with Gasteiger partial charge >= 0.3 is 0 Å². The van der Waals surface area contributed by atoms with Gasteiger partial charge in [0.05, 0.1) is 0 Å². The topological polar surface area (TPSA) is 34.2 Å². The molecule has 0 amide bonds. The molecule has 0 atom stereocenters. The van der Waals surface area contributed by atoms with Gasteiger partial charge in [0.25, 0.3) is 0 Å². The molecule has 0 aliphatic rings. The Hall–Kier alpha value is -1.58. The van der Waals surface area contributed by atoms with E-state index in [1.54, 1.807) is 6.20 Å². The SMILES string of the molecule is CCCNCc1cnccc1OCc1cccc(Cl)c1. The van der Waals surface area contributed by atoms with E-state index in [1.165, 1.54) is 0 Å². The zero-order chi connectivity index (χ0) is 14.2. The van der Waals surface area contributed by atoms with Crippen molar-refractivity contribution >= 4 is 11.6 Å². The van der Waals surface area contributed by atoms with Crippen LogP contribution in [0.5, 0.6) is 5.75 Å². The Labute approximate surface area is 124 Å². The van der Waals surface area contributed by atoms with Gasteiger partial charge in [-0.25, -0.2) is 0 Å². The number of ether oxygens (including phenoxy) is 1. The standard InChI is InChI=1S/C16H19ClN2O/c1-2-7-18-10-14-11-19-8-6-16(14)20-12-13-4-3-5-15(17)9-13/h3-6,8-9,11,18H,2,7,10,12H2,1H3. The van der Waals surface area contributed by atoms with Crippen LogP contribution in [0, 0.1) is 0 Å². The fourth-order valence-electron chi connectivity index (χ4n) is 1.88. The van der Waals surface area contributed by atoms with Crippen LogP contribution in [-0.4, -0.2) is 11.5 Å². The van der Waals surface area contributed by atoms with Crippen LogP contribution < -0.4 is 10.1 Å². The van der Waals surface area contributed by atoms with Crippen molar-refractivity contribution in [3.05, 3.63) is 58.9 Å². The van der Waals surface area contributed by atoms with Crippen LogP contribution in [0.2, 0.25) is 5.02 Å². The van der Waals surface area contributed by atoms with Gasteiger partial charge in [0.1, 0.15) is 12.4 Å². The molecule has 0 saturated heterocycles. The first-order chi connectivity index (χ1) is 9.79. The van der Waals surface area contributed by atoms with Gasteiger partial charge < -0.3 is 10.1 Å². The summed E-state index contributed by atoms with van der Waals surface area (Å²) in [6.45, 7) is 4.41. The number of aromatic nitrogens is 1. The predicted octanol–water partition coefficient (Wildman–Crippen LogP) is 3.81. The largest absolute Gasteiger partial charge is 0.488 e. The molecular formula is C16H19ClN2O. The summed E-state index contributed by atoms with van der Waals surface area (Å²) in [6, 6.07) is 9.60. The Bertz CT molecular complexity index is 546. The monoisotopic (exact) mass is 290 g/mol. The van der Waals surface area contributed by atoms with E-state index in [4.69, 9.17) is 16.3 Å². The van der Waals surface area contributed by atoms with Crippen molar-refractivity contribution in [2.75, 3.05) is 6.54 Å². The number of nitrogens with zero attached hydrogens (tertiary/aromatic N) is 1. The fraction of sp³-hybridized carbons (Fsp3) is 0.312. The van der Waals surface area contributed by atoms with E-state index in [0.29, 0.717) is 6.61 Å². The zero-order valence-corrected chi connectivity index (χ0v) is 12.4. The van der Waals surface area contributed by atoms with Gasteiger partial charge in [0.2, 0.25) is 0 Å². The summed E-state index contributed by atoms with van der Waals surface area (Å²) in [4.78, 5) is 4.15. The Balaban J connectivity index is 1.98. The Morgan fingerprint density at radius 3 is 3.00 bits per heavy atom. The maximum atomic E-state index is 5.97. The Kier molecular flexibility index (Phi) is 5.84. The average molecular weight is 291 g/mol. The Morgan fingerprint density at radius 2 is 2.20 bits per heavy atom. The summed E-state index contributed by atoms with van der Waals surface area (Å²) in [5, 5.41) is 4.09. The molecule has 2 aromatic rings. The van der Waals surface area contributed by atoms with Gasteiger partial charge in [-0.1, -0.05) is 30.7 Å². The molecule has 1 N–H and O–H groups in total. The lowest BCUT2D eigenvalue weighted by Gasteiger charge is -2.11. The van der Waals surface area contributed by atoms with Crippen LogP contribution in [0.4, 0.5) is 0 Å². The van der Waals surface area contributed by atoms with Crippen molar-refractivity contribution in [2.24, 2.45) is 0 Å². The second kappa shape index (κ2) is 7.88. The van der Waals surface area contributed by atoms with E-state index >= 15 is 0 Å². The number of pyridine rings is 1.